The molecule has 10 heavy (non-hydrogen) atoms. The summed E-state index contributed by atoms with van der Waals surface area (Å²) in [7, 11) is 0. The van der Waals surface area contributed by atoms with E-state index in [-0.39, 0.29) is 0 Å². The zero-order valence-corrected chi connectivity index (χ0v) is 6.71. The highest BCUT2D eigenvalue weighted by molar-refractivity contribution is 9.10. The van der Waals surface area contributed by atoms with Crippen molar-refractivity contribution in [1.82, 2.24) is 0 Å². The van der Waals surface area contributed by atoms with E-state index in [2.05, 4.69) is 21.1 Å². The molecule has 0 radical (unpaired) electrons. The van der Waals surface area contributed by atoms with Crippen molar-refractivity contribution in [3.05, 3.63) is 39.5 Å². The topological polar surface area (TPSA) is 35.4 Å². The van der Waals surface area contributed by atoms with Crippen LogP contribution in [-0.2, 0) is 0 Å². The van der Waals surface area contributed by atoms with Gasteiger partial charge in [0.15, 0.2) is 0 Å². The number of benzene rings is 1. The van der Waals surface area contributed by atoms with Gasteiger partial charge < -0.3 is 10.4 Å². The van der Waals surface area contributed by atoms with Gasteiger partial charge in [0.2, 0.25) is 0 Å². The second kappa shape index (κ2) is 3.37. The standard InChI is InChI=1S/C7H6BrNO/c8-7-3-1-6(2-4-7)5-9-10/h1-5,10H/p-1/b9-5-. The number of rotatable bonds is 1. The fraction of sp³-hybridized carbons (Fsp3) is 0. The van der Waals surface area contributed by atoms with E-state index in [4.69, 9.17) is 0 Å². The highest BCUT2D eigenvalue weighted by Gasteiger charge is 1.85. The summed E-state index contributed by atoms with van der Waals surface area (Å²) in [5.74, 6) is 0. The molecule has 0 spiro atoms. The van der Waals surface area contributed by atoms with E-state index in [0.717, 1.165) is 10.0 Å². The molecule has 0 saturated carbocycles. The molecule has 0 unspecified atom stereocenters. The average Bonchev–Trinajstić information content (AvgIpc) is 1.95. The Labute approximate surface area is 67.3 Å². The molecular formula is C7H5BrNO-. The molecule has 0 heterocycles. The van der Waals surface area contributed by atoms with Crippen LogP contribution in [0, 0.1) is 5.21 Å². The number of hydrogen-bond donors (Lipinski definition) is 0. The molecule has 52 valence electrons. The van der Waals surface area contributed by atoms with Crippen molar-refractivity contribution < 1.29 is 0 Å². The normalized spacial score (nSPS) is 10.5. The molecule has 0 aromatic heterocycles. The first-order valence-electron chi connectivity index (χ1n) is 2.74. The quantitative estimate of drug-likeness (QED) is 0.505. The lowest BCUT2D eigenvalue weighted by Crippen LogP contribution is -1.77. The van der Waals surface area contributed by atoms with Crippen LogP contribution in [-0.4, -0.2) is 6.21 Å². The van der Waals surface area contributed by atoms with Crippen molar-refractivity contribution >= 4 is 22.1 Å². The Hall–Kier alpha value is -0.830. The van der Waals surface area contributed by atoms with Crippen molar-refractivity contribution in [3.8, 4) is 0 Å². The maximum atomic E-state index is 9.74. The first-order chi connectivity index (χ1) is 4.83. The van der Waals surface area contributed by atoms with Crippen molar-refractivity contribution in [2.75, 3.05) is 0 Å². The van der Waals surface area contributed by atoms with Gasteiger partial charge in [-0.3, -0.25) is 0 Å². The van der Waals surface area contributed by atoms with Crippen molar-refractivity contribution in [2.45, 2.75) is 0 Å². The Bertz CT molecular complexity index is 230. The maximum Gasteiger partial charge on any atom is 0.0229 e. The lowest BCUT2D eigenvalue weighted by Gasteiger charge is -1.93. The Kier molecular flexibility index (Phi) is 2.45. The lowest BCUT2D eigenvalue weighted by molar-refractivity contribution is 1.58. The SMILES string of the molecule is [O-]/N=C\c1ccc(Br)cc1. The van der Waals surface area contributed by atoms with Crippen LogP contribution in [0.15, 0.2) is 33.9 Å². The van der Waals surface area contributed by atoms with Crippen LogP contribution in [0.3, 0.4) is 0 Å². The minimum atomic E-state index is 0.818. The summed E-state index contributed by atoms with van der Waals surface area (Å²) in [6.07, 6.45) is 1.27. The van der Waals surface area contributed by atoms with Gasteiger partial charge in [-0.05, 0) is 17.7 Å². The predicted octanol–water partition coefficient (Wildman–Crippen LogP) is 2.37. The molecule has 0 fully saturated rings. The molecule has 1 aromatic carbocycles. The molecule has 0 aliphatic carbocycles. The minimum absolute atomic E-state index is 0.818. The van der Waals surface area contributed by atoms with E-state index in [0.29, 0.717) is 0 Å². The van der Waals surface area contributed by atoms with E-state index in [9.17, 15) is 5.21 Å². The molecule has 2 nitrogen and oxygen atoms in total. The molecule has 1 aromatic rings. The first-order valence-corrected chi connectivity index (χ1v) is 3.53. The summed E-state index contributed by atoms with van der Waals surface area (Å²) in [6.45, 7) is 0. The second-order valence-corrected chi connectivity index (χ2v) is 2.70. The van der Waals surface area contributed by atoms with Crippen molar-refractivity contribution in [1.29, 1.82) is 0 Å². The van der Waals surface area contributed by atoms with Gasteiger partial charge in [0.25, 0.3) is 0 Å². The number of halogens is 1. The molecule has 1 rings (SSSR count). The molecular weight excluding hydrogens is 194 g/mol. The van der Waals surface area contributed by atoms with Crippen LogP contribution in [0.25, 0.3) is 0 Å². The van der Waals surface area contributed by atoms with Gasteiger partial charge in [0.1, 0.15) is 0 Å². The molecule has 0 N–H and O–H groups in total. The van der Waals surface area contributed by atoms with Crippen LogP contribution in [0.4, 0.5) is 0 Å². The average molecular weight is 199 g/mol. The van der Waals surface area contributed by atoms with Crippen LogP contribution < -0.4 is 0 Å². The zero-order chi connectivity index (χ0) is 7.40. The fourth-order valence-corrected chi connectivity index (χ4v) is 0.874. The summed E-state index contributed by atoms with van der Waals surface area (Å²) in [5.41, 5.74) is 0.818. The Morgan fingerprint density at radius 2 is 1.90 bits per heavy atom. The Morgan fingerprint density at radius 3 is 2.40 bits per heavy atom. The summed E-state index contributed by atoms with van der Waals surface area (Å²) in [4.78, 5) is 0. The van der Waals surface area contributed by atoms with Crippen molar-refractivity contribution in [2.24, 2.45) is 5.16 Å². The van der Waals surface area contributed by atoms with Gasteiger partial charge in [-0.2, -0.15) is 0 Å². The summed E-state index contributed by atoms with van der Waals surface area (Å²) in [5, 5.41) is 12.4. The number of hydrogen-bond acceptors (Lipinski definition) is 2. The smallest absolute Gasteiger partial charge is 0.0229 e. The van der Waals surface area contributed by atoms with Gasteiger partial charge in [0.05, 0.1) is 0 Å². The molecule has 0 aliphatic heterocycles. The maximum absolute atomic E-state index is 9.74. The lowest BCUT2D eigenvalue weighted by atomic mass is 10.2. The second-order valence-electron chi connectivity index (χ2n) is 1.79. The van der Waals surface area contributed by atoms with E-state index in [1.54, 1.807) is 0 Å². The molecule has 0 aliphatic rings. The van der Waals surface area contributed by atoms with E-state index in [1.165, 1.54) is 6.21 Å². The number of nitrogens with zero attached hydrogens (tertiary/aromatic N) is 1. The van der Waals surface area contributed by atoms with E-state index in [1.807, 2.05) is 24.3 Å². The summed E-state index contributed by atoms with van der Waals surface area (Å²) < 4.78 is 0.996. The van der Waals surface area contributed by atoms with Gasteiger partial charge >= 0.3 is 0 Å². The van der Waals surface area contributed by atoms with Gasteiger partial charge in [-0.1, -0.05) is 28.1 Å². The highest BCUT2D eigenvalue weighted by atomic mass is 79.9. The third-order valence-corrected chi connectivity index (χ3v) is 1.60. The Morgan fingerprint density at radius 1 is 1.30 bits per heavy atom. The van der Waals surface area contributed by atoms with E-state index < -0.39 is 0 Å². The third kappa shape index (κ3) is 1.84. The Balaban J connectivity index is 2.89. The minimum Gasteiger partial charge on any atom is -0.792 e. The van der Waals surface area contributed by atoms with Gasteiger partial charge in [-0.15, -0.1) is 0 Å². The molecule has 0 bridgehead atoms. The van der Waals surface area contributed by atoms with Crippen molar-refractivity contribution in [3.63, 3.8) is 0 Å². The molecule has 0 amide bonds. The van der Waals surface area contributed by atoms with Gasteiger partial charge in [0, 0.05) is 10.7 Å². The molecule has 0 atom stereocenters. The fourth-order valence-electron chi connectivity index (χ4n) is 0.610. The van der Waals surface area contributed by atoms with Gasteiger partial charge in [-0.25, -0.2) is 0 Å². The largest absolute Gasteiger partial charge is 0.792 e. The first kappa shape index (κ1) is 7.28. The third-order valence-electron chi connectivity index (χ3n) is 1.07. The summed E-state index contributed by atoms with van der Waals surface area (Å²) in [6, 6.07) is 7.34. The van der Waals surface area contributed by atoms with Crippen LogP contribution in [0.5, 0.6) is 0 Å². The highest BCUT2D eigenvalue weighted by Crippen LogP contribution is 2.08. The predicted molar refractivity (Wildman–Crippen MR) is 45.1 cm³/mol. The van der Waals surface area contributed by atoms with Crippen LogP contribution >= 0.6 is 15.9 Å². The van der Waals surface area contributed by atoms with Crippen LogP contribution in [0.2, 0.25) is 0 Å². The zero-order valence-electron chi connectivity index (χ0n) is 5.12. The monoisotopic (exact) mass is 198 g/mol. The van der Waals surface area contributed by atoms with Crippen LogP contribution in [0.1, 0.15) is 5.56 Å². The summed E-state index contributed by atoms with van der Waals surface area (Å²) >= 11 is 3.27. The molecule has 0 saturated heterocycles. The molecule has 3 heteroatoms. The van der Waals surface area contributed by atoms with E-state index >= 15 is 0 Å².